The number of aryl methyl sites for hydroxylation is 1. The van der Waals surface area contributed by atoms with Crippen LogP contribution >= 0.6 is 0 Å². The Balaban J connectivity index is 1.45. The first-order valence-corrected chi connectivity index (χ1v) is 9.66. The van der Waals surface area contributed by atoms with Gasteiger partial charge in [0.1, 0.15) is 23.9 Å². The quantitative estimate of drug-likeness (QED) is 0.870. The summed E-state index contributed by atoms with van der Waals surface area (Å²) >= 11 is 0. The third-order valence-corrected chi connectivity index (χ3v) is 5.27. The number of nitrogens with one attached hydrogen (secondary N) is 1. The number of para-hydroxylation sites is 1. The summed E-state index contributed by atoms with van der Waals surface area (Å²) in [6.45, 7) is 5.15. The Hall–Kier alpha value is -2.80. The smallest absolute Gasteiger partial charge is 0.237 e. The second kappa shape index (κ2) is 8.06. The molecule has 1 N–H and O–H groups in total. The van der Waals surface area contributed by atoms with Gasteiger partial charge >= 0.3 is 0 Å². The Kier molecular flexibility index (Phi) is 5.34. The van der Waals surface area contributed by atoms with E-state index in [0.29, 0.717) is 39.3 Å². The number of carbonyl (C=O) groups excluding carboxylic acids is 2. The molecule has 2 aliphatic heterocycles. The molecule has 1 fully saturated rings. The van der Waals surface area contributed by atoms with Crippen LogP contribution in [0.1, 0.15) is 23.5 Å². The van der Waals surface area contributed by atoms with Crippen LogP contribution < -0.4 is 10.1 Å². The number of piperazine rings is 1. The molecule has 1 aromatic heterocycles. The van der Waals surface area contributed by atoms with Gasteiger partial charge in [0.05, 0.1) is 25.6 Å². The second-order valence-electron chi connectivity index (χ2n) is 7.27. The monoisotopic (exact) mass is 383 g/mol. The van der Waals surface area contributed by atoms with E-state index in [4.69, 9.17) is 9.15 Å². The molecule has 2 aliphatic rings. The van der Waals surface area contributed by atoms with E-state index in [9.17, 15) is 9.59 Å². The predicted molar refractivity (Wildman–Crippen MR) is 103 cm³/mol. The second-order valence-corrected chi connectivity index (χ2v) is 7.27. The van der Waals surface area contributed by atoms with Crippen molar-refractivity contribution in [1.82, 2.24) is 15.1 Å². The van der Waals surface area contributed by atoms with Gasteiger partial charge in [0.25, 0.3) is 0 Å². The highest BCUT2D eigenvalue weighted by Crippen LogP contribution is 2.24. The fourth-order valence-electron chi connectivity index (χ4n) is 3.78. The largest absolute Gasteiger partial charge is 0.491 e. The molecule has 3 heterocycles. The molecule has 7 heteroatoms. The third kappa shape index (κ3) is 4.04. The Labute approximate surface area is 164 Å². The minimum Gasteiger partial charge on any atom is -0.491 e. The molecule has 0 bridgehead atoms. The first-order chi connectivity index (χ1) is 13.6. The van der Waals surface area contributed by atoms with Gasteiger partial charge in [0.15, 0.2) is 0 Å². The summed E-state index contributed by atoms with van der Waals surface area (Å²) in [5, 5.41) is 2.88. The van der Waals surface area contributed by atoms with Crippen LogP contribution in [0.2, 0.25) is 0 Å². The number of furan rings is 1. The molecule has 1 saturated heterocycles. The zero-order chi connectivity index (χ0) is 19.5. The first-order valence-electron chi connectivity index (χ1n) is 9.66. The molecule has 28 heavy (non-hydrogen) atoms. The van der Waals surface area contributed by atoms with Gasteiger partial charge in [0.2, 0.25) is 11.8 Å². The van der Waals surface area contributed by atoms with E-state index in [1.54, 1.807) is 4.90 Å². The number of hydrogen-bond donors (Lipinski definition) is 1. The maximum atomic E-state index is 13.0. The van der Waals surface area contributed by atoms with Crippen molar-refractivity contribution in [2.75, 3.05) is 26.2 Å². The fraction of sp³-hybridized carbons (Fsp3) is 0.429. The summed E-state index contributed by atoms with van der Waals surface area (Å²) in [5.74, 6) is 2.33. The van der Waals surface area contributed by atoms with Crippen LogP contribution in [0.25, 0.3) is 0 Å². The van der Waals surface area contributed by atoms with E-state index in [1.807, 2.05) is 48.2 Å². The van der Waals surface area contributed by atoms with E-state index in [2.05, 4.69) is 5.32 Å². The molecule has 7 nitrogen and oxygen atoms in total. The number of amides is 2. The molecule has 2 aromatic rings. The lowest BCUT2D eigenvalue weighted by Gasteiger charge is -2.35. The van der Waals surface area contributed by atoms with Gasteiger partial charge in [-0.15, -0.1) is 0 Å². The molecular formula is C21H25N3O4. The van der Waals surface area contributed by atoms with E-state index in [0.717, 1.165) is 22.8 Å². The zero-order valence-electron chi connectivity index (χ0n) is 16.0. The van der Waals surface area contributed by atoms with E-state index >= 15 is 0 Å². The van der Waals surface area contributed by atoms with Crippen LogP contribution in [0.3, 0.4) is 0 Å². The number of hydrogen-bond acceptors (Lipinski definition) is 5. The molecule has 0 unspecified atom stereocenters. The number of ether oxygens (including phenoxy) is 1. The normalized spacial score (nSPS) is 20.1. The average Bonchev–Trinajstić information content (AvgIpc) is 2.97. The van der Waals surface area contributed by atoms with Gasteiger partial charge in [-0.3, -0.25) is 14.5 Å². The number of benzene rings is 1. The highest BCUT2D eigenvalue weighted by molar-refractivity contribution is 5.88. The Morgan fingerprint density at radius 2 is 2.07 bits per heavy atom. The van der Waals surface area contributed by atoms with Crippen LogP contribution in [-0.2, 0) is 22.7 Å². The van der Waals surface area contributed by atoms with Crippen molar-refractivity contribution >= 4 is 11.8 Å². The zero-order valence-corrected chi connectivity index (χ0v) is 16.0. The minimum atomic E-state index is -0.494. The Morgan fingerprint density at radius 1 is 1.21 bits per heavy atom. The number of carbonyl (C=O) groups is 2. The number of nitrogens with zero attached hydrogens (tertiary/aromatic N) is 2. The summed E-state index contributed by atoms with van der Waals surface area (Å²) < 4.78 is 11.4. The number of rotatable bonds is 4. The summed E-state index contributed by atoms with van der Waals surface area (Å²) in [5.41, 5.74) is 0.990. The van der Waals surface area contributed by atoms with Crippen LogP contribution in [0.5, 0.6) is 5.75 Å². The van der Waals surface area contributed by atoms with Crippen molar-refractivity contribution in [3.8, 4) is 5.75 Å². The maximum absolute atomic E-state index is 13.0. The van der Waals surface area contributed by atoms with Gasteiger partial charge in [-0.25, -0.2) is 0 Å². The molecule has 148 valence electrons. The van der Waals surface area contributed by atoms with Crippen LogP contribution in [0, 0.1) is 6.92 Å². The first kappa shape index (κ1) is 18.6. The third-order valence-electron chi connectivity index (χ3n) is 5.27. The molecule has 4 rings (SSSR count). The van der Waals surface area contributed by atoms with Crippen LogP contribution in [0.4, 0.5) is 0 Å². The van der Waals surface area contributed by atoms with Crippen LogP contribution in [0.15, 0.2) is 40.8 Å². The molecule has 1 atom stereocenters. The highest BCUT2D eigenvalue weighted by Gasteiger charge is 2.34. The van der Waals surface area contributed by atoms with E-state index < -0.39 is 6.04 Å². The minimum absolute atomic E-state index is 0.0389. The highest BCUT2D eigenvalue weighted by atomic mass is 16.5. The molecule has 2 amide bonds. The van der Waals surface area contributed by atoms with Crippen molar-refractivity contribution in [1.29, 1.82) is 0 Å². The summed E-state index contributed by atoms with van der Waals surface area (Å²) in [4.78, 5) is 29.3. The average molecular weight is 383 g/mol. The van der Waals surface area contributed by atoms with E-state index in [1.165, 1.54) is 0 Å². The number of fused-ring (bicyclic) bond motifs is 1. The van der Waals surface area contributed by atoms with Crippen molar-refractivity contribution in [3.05, 3.63) is 53.5 Å². The predicted octanol–water partition coefficient (Wildman–Crippen LogP) is 1.70. The fourth-order valence-corrected chi connectivity index (χ4v) is 3.78. The van der Waals surface area contributed by atoms with Gasteiger partial charge in [-0.1, -0.05) is 18.2 Å². The molecule has 0 aliphatic carbocycles. The van der Waals surface area contributed by atoms with Gasteiger partial charge in [0, 0.05) is 25.2 Å². The summed E-state index contributed by atoms with van der Waals surface area (Å²) in [7, 11) is 0. The molecule has 0 spiro atoms. The van der Waals surface area contributed by atoms with Crippen molar-refractivity contribution in [3.63, 3.8) is 0 Å². The maximum Gasteiger partial charge on any atom is 0.237 e. The lowest BCUT2D eigenvalue weighted by molar-refractivity contribution is -0.139. The van der Waals surface area contributed by atoms with Crippen molar-refractivity contribution in [2.45, 2.75) is 32.5 Å². The van der Waals surface area contributed by atoms with Crippen molar-refractivity contribution in [2.24, 2.45) is 0 Å². The molecule has 1 aromatic carbocycles. The van der Waals surface area contributed by atoms with Crippen molar-refractivity contribution < 1.29 is 18.7 Å². The lowest BCUT2D eigenvalue weighted by Crippen LogP contribution is -2.56. The molecular weight excluding hydrogens is 358 g/mol. The molecule has 0 saturated carbocycles. The Morgan fingerprint density at radius 3 is 2.89 bits per heavy atom. The van der Waals surface area contributed by atoms with Gasteiger partial charge in [-0.05, 0) is 25.1 Å². The van der Waals surface area contributed by atoms with Crippen LogP contribution in [-0.4, -0.2) is 53.9 Å². The Bertz CT molecular complexity index is 863. The molecule has 0 radical (unpaired) electrons. The summed E-state index contributed by atoms with van der Waals surface area (Å²) in [6, 6.07) is 11.1. The SMILES string of the molecule is Cc1ccc(CN2CCNC(=O)[C@@H]2CC(=O)N2CCOc3ccccc3C2)o1. The lowest BCUT2D eigenvalue weighted by atomic mass is 10.1. The van der Waals surface area contributed by atoms with Gasteiger partial charge in [-0.2, -0.15) is 0 Å². The topological polar surface area (TPSA) is 75.0 Å². The van der Waals surface area contributed by atoms with E-state index in [-0.39, 0.29) is 18.2 Å². The van der Waals surface area contributed by atoms with Gasteiger partial charge < -0.3 is 19.4 Å². The summed E-state index contributed by atoms with van der Waals surface area (Å²) in [6.07, 6.45) is 0.147. The standard InChI is InChI=1S/C21H25N3O4/c1-15-6-7-17(28-15)14-23-9-8-22-21(26)18(23)12-20(25)24-10-11-27-19-5-3-2-4-16(19)13-24/h2-7,18H,8-14H2,1H3,(H,22,26)/t18-/m0/s1.